The van der Waals surface area contributed by atoms with Gasteiger partial charge in [0.15, 0.2) is 0 Å². The SMILES string of the molecule is COC1CC(=O)NC(=O)C1. The number of piperidine rings is 1. The van der Waals surface area contributed by atoms with Crippen LogP contribution >= 0.6 is 0 Å². The molecule has 1 N–H and O–H groups in total. The Morgan fingerprint density at radius 3 is 2.30 bits per heavy atom. The van der Waals surface area contributed by atoms with E-state index in [9.17, 15) is 9.59 Å². The van der Waals surface area contributed by atoms with Gasteiger partial charge in [0.05, 0.1) is 18.9 Å². The molecule has 0 saturated carbocycles. The van der Waals surface area contributed by atoms with Crippen molar-refractivity contribution >= 4 is 11.8 Å². The van der Waals surface area contributed by atoms with Crippen LogP contribution in [-0.4, -0.2) is 25.0 Å². The number of carbonyl (C=O) groups excluding carboxylic acids is 2. The van der Waals surface area contributed by atoms with Gasteiger partial charge in [-0.3, -0.25) is 14.9 Å². The van der Waals surface area contributed by atoms with Crippen molar-refractivity contribution in [2.75, 3.05) is 7.11 Å². The standard InChI is InChI=1S/C6H9NO3/c1-10-4-2-5(8)7-6(9)3-4/h4H,2-3H2,1H3,(H,7,8,9). The molecule has 4 heteroatoms. The molecular weight excluding hydrogens is 134 g/mol. The zero-order valence-corrected chi connectivity index (χ0v) is 5.72. The number of carbonyl (C=O) groups is 2. The first-order valence-electron chi connectivity index (χ1n) is 3.08. The molecule has 0 unspecified atom stereocenters. The molecule has 1 saturated heterocycles. The summed E-state index contributed by atoms with van der Waals surface area (Å²) in [6.45, 7) is 0. The Bertz CT molecular complexity index is 150. The number of hydrogen-bond donors (Lipinski definition) is 1. The maximum Gasteiger partial charge on any atom is 0.229 e. The van der Waals surface area contributed by atoms with Crippen LogP contribution in [0.1, 0.15) is 12.8 Å². The van der Waals surface area contributed by atoms with Crippen molar-refractivity contribution in [2.24, 2.45) is 0 Å². The van der Waals surface area contributed by atoms with Gasteiger partial charge in [0.25, 0.3) is 0 Å². The minimum Gasteiger partial charge on any atom is -0.380 e. The summed E-state index contributed by atoms with van der Waals surface area (Å²) in [5.74, 6) is -0.494. The van der Waals surface area contributed by atoms with Gasteiger partial charge in [0.1, 0.15) is 0 Å². The van der Waals surface area contributed by atoms with E-state index >= 15 is 0 Å². The van der Waals surface area contributed by atoms with Crippen molar-refractivity contribution in [1.29, 1.82) is 0 Å². The van der Waals surface area contributed by atoms with Gasteiger partial charge in [-0.1, -0.05) is 0 Å². The normalized spacial score (nSPS) is 20.9. The summed E-state index contributed by atoms with van der Waals surface area (Å²) in [7, 11) is 1.50. The van der Waals surface area contributed by atoms with Crippen LogP contribution in [0.15, 0.2) is 0 Å². The molecule has 1 heterocycles. The van der Waals surface area contributed by atoms with Gasteiger partial charge >= 0.3 is 0 Å². The average molecular weight is 143 g/mol. The molecule has 1 aliphatic heterocycles. The lowest BCUT2D eigenvalue weighted by Crippen LogP contribution is -2.41. The number of rotatable bonds is 1. The lowest BCUT2D eigenvalue weighted by molar-refractivity contribution is -0.137. The maximum absolute atomic E-state index is 10.6. The Morgan fingerprint density at radius 1 is 1.40 bits per heavy atom. The first kappa shape index (κ1) is 7.21. The minimum atomic E-state index is -0.247. The van der Waals surface area contributed by atoms with Crippen LogP contribution in [-0.2, 0) is 14.3 Å². The maximum atomic E-state index is 10.6. The number of amides is 2. The fourth-order valence-corrected chi connectivity index (χ4v) is 0.910. The Hall–Kier alpha value is -0.900. The molecule has 0 bridgehead atoms. The summed E-state index contributed by atoms with van der Waals surface area (Å²) < 4.78 is 4.85. The highest BCUT2D eigenvalue weighted by atomic mass is 16.5. The quantitative estimate of drug-likeness (QED) is 0.500. The van der Waals surface area contributed by atoms with Gasteiger partial charge in [-0.25, -0.2) is 0 Å². The lowest BCUT2D eigenvalue weighted by Gasteiger charge is -2.18. The van der Waals surface area contributed by atoms with E-state index in [2.05, 4.69) is 5.32 Å². The van der Waals surface area contributed by atoms with Gasteiger partial charge in [-0.15, -0.1) is 0 Å². The van der Waals surface area contributed by atoms with Crippen molar-refractivity contribution in [1.82, 2.24) is 5.32 Å². The fourth-order valence-electron chi connectivity index (χ4n) is 0.910. The average Bonchev–Trinajstić information content (AvgIpc) is 1.85. The van der Waals surface area contributed by atoms with Crippen molar-refractivity contribution < 1.29 is 14.3 Å². The topological polar surface area (TPSA) is 55.4 Å². The molecule has 0 spiro atoms. The summed E-state index contributed by atoms with van der Waals surface area (Å²) in [5, 5.41) is 2.19. The van der Waals surface area contributed by atoms with Crippen molar-refractivity contribution in [2.45, 2.75) is 18.9 Å². The van der Waals surface area contributed by atoms with E-state index in [0.29, 0.717) is 12.8 Å². The smallest absolute Gasteiger partial charge is 0.229 e. The van der Waals surface area contributed by atoms with Gasteiger partial charge in [-0.05, 0) is 0 Å². The second kappa shape index (κ2) is 2.79. The summed E-state index contributed by atoms with van der Waals surface area (Å²) in [4.78, 5) is 21.3. The molecule has 2 amide bonds. The number of methoxy groups -OCH3 is 1. The Morgan fingerprint density at radius 2 is 1.90 bits per heavy atom. The minimum absolute atomic E-state index is 0.221. The van der Waals surface area contributed by atoms with Crippen molar-refractivity contribution in [3.8, 4) is 0 Å². The van der Waals surface area contributed by atoms with Crippen LogP contribution in [0, 0.1) is 0 Å². The number of ether oxygens (including phenoxy) is 1. The van der Waals surface area contributed by atoms with Crippen LogP contribution in [0.4, 0.5) is 0 Å². The molecule has 0 radical (unpaired) electrons. The highest BCUT2D eigenvalue weighted by Crippen LogP contribution is 2.06. The molecule has 4 nitrogen and oxygen atoms in total. The Balaban J connectivity index is 2.50. The monoisotopic (exact) mass is 143 g/mol. The number of hydrogen-bond acceptors (Lipinski definition) is 3. The van der Waals surface area contributed by atoms with Crippen LogP contribution in [0.25, 0.3) is 0 Å². The van der Waals surface area contributed by atoms with Crippen LogP contribution in [0.5, 0.6) is 0 Å². The van der Waals surface area contributed by atoms with Crippen molar-refractivity contribution in [3.05, 3.63) is 0 Å². The van der Waals surface area contributed by atoms with Crippen LogP contribution in [0.2, 0.25) is 0 Å². The zero-order valence-electron chi connectivity index (χ0n) is 5.72. The van der Waals surface area contributed by atoms with E-state index in [1.807, 2.05) is 0 Å². The van der Waals surface area contributed by atoms with Gasteiger partial charge in [-0.2, -0.15) is 0 Å². The van der Waals surface area contributed by atoms with Crippen LogP contribution < -0.4 is 5.32 Å². The summed E-state index contributed by atoms with van der Waals surface area (Å²) in [6, 6.07) is 0. The largest absolute Gasteiger partial charge is 0.380 e. The summed E-state index contributed by atoms with van der Waals surface area (Å²) in [6.07, 6.45) is 0.367. The highest BCUT2D eigenvalue weighted by molar-refractivity contribution is 5.98. The van der Waals surface area contributed by atoms with E-state index in [4.69, 9.17) is 4.74 Å². The summed E-state index contributed by atoms with van der Waals surface area (Å²) in [5.41, 5.74) is 0. The third kappa shape index (κ3) is 1.54. The predicted octanol–water partition coefficient (Wildman–Crippen LogP) is -0.562. The first-order valence-corrected chi connectivity index (χ1v) is 3.08. The molecule has 1 fully saturated rings. The van der Waals surface area contributed by atoms with E-state index in [1.165, 1.54) is 7.11 Å². The van der Waals surface area contributed by atoms with E-state index in [0.717, 1.165) is 0 Å². The predicted molar refractivity (Wildman–Crippen MR) is 33.2 cm³/mol. The number of imide groups is 1. The Kier molecular flexibility index (Phi) is 2.01. The molecule has 0 aliphatic carbocycles. The molecule has 0 atom stereocenters. The first-order chi connectivity index (χ1) is 4.72. The van der Waals surface area contributed by atoms with Gasteiger partial charge in [0.2, 0.25) is 11.8 Å². The van der Waals surface area contributed by atoms with E-state index in [-0.39, 0.29) is 17.9 Å². The van der Waals surface area contributed by atoms with E-state index < -0.39 is 0 Å². The molecule has 1 rings (SSSR count). The Labute approximate surface area is 58.5 Å². The highest BCUT2D eigenvalue weighted by Gasteiger charge is 2.23. The third-order valence-corrected chi connectivity index (χ3v) is 1.44. The van der Waals surface area contributed by atoms with Crippen molar-refractivity contribution in [3.63, 3.8) is 0 Å². The molecule has 1 aliphatic rings. The second-order valence-corrected chi connectivity index (χ2v) is 2.24. The van der Waals surface area contributed by atoms with E-state index in [1.54, 1.807) is 0 Å². The van der Waals surface area contributed by atoms with Crippen LogP contribution in [0.3, 0.4) is 0 Å². The summed E-state index contributed by atoms with van der Waals surface area (Å²) >= 11 is 0. The fraction of sp³-hybridized carbons (Fsp3) is 0.667. The third-order valence-electron chi connectivity index (χ3n) is 1.44. The van der Waals surface area contributed by atoms with Gasteiger partial charge in [0, 0.05) is 7.11 Å². The molecule has 0 aromatic carbocycles. The molecule has 10 heavy (non-hydrogen) atoms. The zero-order chi connectivity index (χ0) is 7.56. The van der Waals surface area contributed by atoms with Gasteiger partial charge < -0.3 is 4.74 Å². The molecular formula is C6H9NO3. The molecule has 56 valence electrons. The molecule has 0 aromatic rings. The lowest BCUT2D eigenvalue weighted by atomic mass is 10.1. The number of nitrogens with one attached hydrogen (secondary N) is 1. The molecule has 0 aromatic heterocycles. The second-order valence-electron chi connectivity index (χ2n) is 2.24.